The molecule has 1 N–H and O–H groups in total. The summed E-state index contributed by atoms with van der Waals surface area (Å²) in [5, 5.41) is 8.35. The molecule has 1 fully saturated rings. The number of hydrogen-bond acceptors (Lipinski definition) is 4. The lowest BCUT2D eigenvalue weighted by Crippen LogP contribution is -2.63. The second-order valence-electron chi connectivity index (χ2n) is 4.98. The Balaban J connectivity index is 2.11. The van der Waals surface area contributed by atoms with E-state index in [0.717, 1.165) is 22.5 Å². The number of benzene rings is 1. The van der Waals surface area contributed by atoms with Gasteiger partial charge in [0.15, 0.2) is 0 Å². The first-order chi connectivity index (χ1) is 9.64. The molecule has 0 unspecified atom stereocenters. The van der Waals surface area contributed by atoms with Gasteiger partial charge in [-0.3, -0.25) is 0 Å². The number of carbonyl (C=O) groups is 1. The van der Waals surface area contributed by atoms with Crippen LogP contribution in [0.4, 0.5) is 4.39 Å². The molecule has 0 atom stereocenters. The van der Waals surface area contributed by atoms with Crippen molar-refractivity contribution in [2.45, 2.75) is 17.4 Å². The summed E-state index contributed by atoms with van der Waals surface area (Å²) in [6, 6.07) is 3.04. The van der Waals surface area contributed by atoms with E-state index in [1.165, 1.54) is 0 Å². The van der Waals surface area contributed by atoms with Gasteiger partial charge in [-0.05, 0) is 25.1 Å². The van der Waals surface area contributed by atoms with Crippen LogP contribution in [0.25, 0.3) is 0 Å². The SMILES string of the molecule is CC1(OCC(=O)O)CN(S(=O)(=O)c2ccc(F)cc2Cl)C1. The fourth-order valence-electron chi connectivity index (χ4n) is 2.02. The smallest absolute Gasteiger partial charge is 0.329 e. The van der Waals surface area contributed by atoms with Crippen molar-refractivity contribution in [1.82, 2.24) is 4.31 Å². The Hall–Kier alpha value is -1.22. The highest BCUT2D eigenvalue weighted by molar-refractivity contribution is 7.89. The molecular weight excluding hydrogens is 325 g/mol. The monoisotopic (exact) mass is 337 g/mol. The van der Waals surface area contributed by atoms with Crippen molar-refractivity contribution >= 4 is 27.6 Å². The number of sulfonamides is 1. The van der Waals surface area contributed by atoms with Gasteiger partial charge < -0.3 is 9.84 Å². The Labute approximate surface area is 126 Å². The van der Waals surface area contributed by atoms with E-state index in [9.17, 15) is 17.6 Å². The van der Waals surface area contributed by atoms with E-state index in [1.807, 2.05) is 0 Å². The molecule has 6 nitrogen and oxygen atoms in total. The zero-order chi connectivity index (χ0) is 15.8. The van der Waals surface area contributed by atoms with Gasteiger partial charge >= 0.3 is 5.97 Å². The van der Waals surface area contributed by atoms with Crippen LogP contribution in [0.2, 0.25) is 5.02 Å². The van der Waals surface area contributed by atoms with Crippen molar-refractivity contribution < 1.29 is 27.4 Å². The van der Waals surface area contributed by atoms with Crippen molar-refractivity contribution in [3.8, 4) is 0 Å². The molecule has 0 amide bonds. The largest absolute Gasteiger partial charge is 0.480 e. The van der Waals surface area contributed by atoms with Crippen LogP contribution in [0.15, 0.2) is 23.1 Å². The molecule has 0 aromatic heterocycles. The maximum absolute atomic E-state index is 13.0. The average molecular weight is 338 g/mol. The first-order valence-electron chi connectivity index (χ1n) is 5.95. The molecule has 0 radical (unpaired) electrons. The van der Waals surface area contributed by atoms with Gasteiger partial charge in [-0.1, -0.05) is 11.6 Å². The van der Waals surface area contributed by atoms with Crippen molar-refractivity contribution in [2.75, 3.05) is 19.7 Å². The molecule has 1 aromatic carbocycles. The Morgan fingerprint density at radius 2 is 2.14 bits per heavy atom. The minimum Gasteiger partial charge on any atom is -0.480 e. The number of halogens is 2. The summed E-state index contributed by atoms with van der Waals surface area (Å²) in [5.41, 5.74) is -0.849. The first-order valence-corrected chi connectivity index (χ1v) is 7.77. The van der Waals surface area contributed by atoms with Crippen LogP contribution in [0.3, 0.4) is 0 Å². The summed E-state index contributed by atoms with van der Waals surface area (Å²) in [4.78, 5) is 10.3. The average Bonchev–Trinajstić information content (AvgIpc) is 2.32. The minimum absolute atomic E-state index is 0.0102. The Morgan fingerprint density at radius 3 is 2.67 bits per heavy atom. The summed E-state index contributed by atoms with van der Waals surface area (Å²) in [7, 11) is -3.85. The van der Waals surface area contributed by atoms with E-state index in [2.05, 4.69) is 0 Å². The quantitative estimate of drug-likeness (QED) is 0.876. The summed E-state index contributed by atoms with van der Waals surface area (Å²) < 4.78 is 43.8. The molecule has 1 aromatic rings. The van der Waals surface area contributed by atoms with Gasteiger partial charge in [0.25, 0.3) is 0 Å². The third-order valence-corrected chi connectivity index (χ3v) is 5.35. The lowest BCUT2D eigenvalue weighted by molar-refractivity contribution is -0.157. The van der Waals surface area contributed by atoms with Gasteiger partial charge in [-0.25, -0.2) is 17.6 Å². The van der Waals surface area contributed by atoms with Gasteiger partial charge in [-0.15, -0.1) is 0 Å². The summed E-state index contributed by atoms with van der Waals surface area (Å²) in [5.74, 6) is -1.75. The van der Waals surface area contributed by atoms with Gasteiger partial charge in [-0.2, -0.15) is 4.31 Å². The standard InChI is InChI=1S/C12H13ClFNO5S/c1-12(20-5-11(16)17)6-15(7-12)21(18,19)10-3-2-8(14)4-9(10)13/h2-4H,5-7H2,1H3,(H,16,17). The molecule has 1 heterocycles. The van der Waals surface area contributed by atoms with E-state index in [0.29, 0.717) is 0 Å². The topological polar surface area (TPSA) is 83.9 Å². The highest BCUT2D eigenvalue weighted by atomic mass is 35.5. The third kappa shape index (κ3) is 3.34. The Kier molecular flexibility index (Phi) is 4.25. The van der Waals surface area contributed by atoms with Crippen LogP contribution in [0.1, 0.15) is 6.92 Å². The molecule has 9 heteroatoms. The maximum Gasteiger partial charge on any atom is 0.329 e. The fourth-order valence-corrected chi connectivity index (χ4v) is 4.19. The van der Waals surface area contributed by atoms with Gasteiger partial charge in [0.05, 0.1) is 10.6 Å². The molecule has 1 aliphatic rings. The van der Waals surface area contributed by atoms with Crippen LogP contribution in [-0.4, -0.2) is 49.1 Å². The number of aliphatic carboxylic acids is 1. The van der Waals surface area contributed by atoms with E-state index >= 15 is 0 Å². The predicted octanol–water partition coefficient (Wildman–Crippen LogP) is 1.34. The number of carboxylic acids is 1. The normalized spacial score (nSPS) is 18.2. The molecule has 0 bridgehead atoms. The van der Waals surface area contributed by atoms with Crippen LogP contribution in [0.5, 0.6) is 0 Å². The number of hydrogen-bond donors (Lipinski definition) is 1. The summed E-state index contributed by atoms with van der Waals surface area (Å²) in [6.45, 7) is 1.14. The van der Waals surface area contributed by atoms with E-state index < -0.39 is 34.0 Å². The highest BCUT2D eigenvalue weighted by Gasteiger charge is 2.47. The predicted molar refractivity (Wildman–Crippen MR) is 72.2 cm³/mol. The van der Waals surface area contributed by atoms with Gasteiger partial charge in [0.1, 0.15) is 17.3 Å². The Bertz CT molecular complexity index is 672. The zero-order valence-electron chi connectivity index (χ0n) is 11.0. The van der Waals surface area contributed by atoms with Gasteiger partial charge in [0, 0.05) is 13.1 Å². The molecule has 116 valence electrons. The van der Waals surface area contributed by atoms with Crippen LogP contribution in [-0.2, 0) is 19.6 Å². The van der Waals surface area contributed by atoms with Crippen molar-refractivity contribution in [3.63, 3.8) is 0 Å². The minimum atomic E-state index is -3.85. The second-order valence-corrected chi connectivity index (χ2v) is 7.29. The van der Waals surface area contributed by atoms with E-state index in [4.69, 9.17) is 21.4 Å². The Morgan fingerprint density at radius 1 is 1.52 bits per heavy atom. The number of ether oxygens (including phenoxy) is 1. The summed E-state index contributed by atoms with van der Waals surface area (Å²) in [6.07, 6.45) is 0. The van der Waals surface area contributed by atoms with E-state index in [-0.39, 0.29) is 23.0 Å². The van der Waals surface area contributed by atoms with E-state index in [1.54, 1.807) is 6.92 Å². The second kappa shape index (κ2) is 5.53. The molecule has 1 aliphatic heterocycles. The number of rotatable bonds is 5. The van der Waals surface area contributed by atoms with Crippen LogP contribution >= 0.6 is 11.6 Å². The maximum atomic E-state index is 13.0. The lowest BCUT2D eigenvalue weighted by atomic mass is 10.0. The molecule has 1 saturated heterocycles. The van der Waals surface area contributed by atoms with Crippen LogP contribution in [0, 0.1) is 5.82 Å². The molecule has 0 aliphatic carbocycles. The highest BCUT2D eigenvalue weighted by Crippen LogP contribution is 2.33. The third-order valence-electron chi connectivity index (χ3n) is 3.08. The molecule has 21 heavy (non-hydrogen) atoms. The first kappa shape index (κ1) is 16.2. The lowest BCUT2D eigenvalue weighted by Gasteiger charge is -2.46. The number of carboxylic acid groups (broad SMARTS) is 1. The molecule has 2 rings (SSSR count). The summed E-state index contributed by atoms with van der Waals surface area (Å²) >= 11 is 5.76. The van der Waals surface area contributed by atoms with Crippen molar-refractivity contribution in [3.05, 3.63) is 29.0 Å². The zero-order valence-corrected chi connectivity index (χ0v) is 12.6. The van der Waals surface area contributed by atoms with Crippen LogP contribution < -0.4 is 0 Å². The van der Waals surface area contributed by atoms with Crippen molar-refractivity contribution in [2.24, 2.45) is 0 Å². The van der Waals surface area contributed by atoms with Crippen molar-refractivity contribution in [1.29, 1.82) is 0 Å². The molecular formula is C12H13ClFNO5S. The number of nitrogens with zero attached hydrogens (tertiary/aromatic N) is 1. The van der Waals surface area contributed by atoms with Gasteiger partial charge in [0.2, 0.25) is 10.0 Å². The molecule has 0 spiro atoms. The molecule has 0 saturated carbocycles. The fraction of sp³-hybridized carbons (Fsp3) is 0.417.